The maximum atomic E-state index is 13.0. The SMILES string of the molecule is Cc1nnc(-c2cc(F)cc(Cl)c2)nn1. The highest BCUT2D eigenvalue weighted by Gasteiger charge is 2.05. The first-order valence-electron chi connectivity index (χ1n) is 4.15. The van der Waals surface area contributed by atoms with E-state index in [1.165, 1.54) is 12.1 Å². The van der Waals surface area contributed by atoms with Gasteiger partial charge in [0, 0.05) is 10.6 Å². The van der Waals surface area contributed by atoms with Gasteiger partial charge in [-0.15, -0.1) is 20.4 Å². The van der Waals surface area contributed by atoms with Crippen molar-refractivity contribution < 1.29 is 4.39 Å². The number of hydrogen-bond acceptors (Lipinski definition) is 4. The quantitative estimate of drug-likeness (QED) is 0.744. The van der Waals surface area contributed by atoms with E-state index in [0.717, 1.165) is 0 Å². The number of nitrogens with zero attached hydrogens (tertiary/aromatic N) is 4. The number of aryl methyl sites for hydroxylation is 1. The van der Waals surface area contributed by atoms with E-state index in [1.807, 2.05) is 0 Å². The number of hydrogen-bond donors (Lipinski definition) is 0. The maximum absolute atomic E-state index is 13.0. The van der Waals surface area contributed by atoms with E-state index in [0.29, 0.717) is 11.4 Å². The third kappa shape index (κ3) is 2.24. The molecule has 76 valence electrons. The zero-order valence-electron chi connectivity index (χ0n) is 7.78. The van der Waals surface area contributed by atoms with E-state index >= 15 is 0 Å². The largest absolute Gasteiger partial charge is 0.207 e. The zero-order valence-corrected chi connectivity index (χ0v) is 8.53. The molecule has 0 amide bonds. The predicted octanol–water partition coefficient (Wildman–Crippen LogP) is 2.03. The summed E-state index contributed by atoms with van der Waals surface area (Å²) >= 11 is 5.69. The molecule has 0 spiro atoms. The van der Waals surface area contributed by atoms with Crippen molar-refractivity contribution in [1.82, 2.24) is 20.4 Å². The molecule has 0 N–H and O–H groups in total. The first-order chi connectivity index (χ1) is 7.15. The van der Waals surface area contributed by atoms with Gasteiger partial charge in [0.05, 0.1) is 0 Å². The molecule has 2 aromatic rings. The summed E-state index contributed by atoms with van der Waals surface area (Å²) in [5.41, 5.74) is 0.458. The van der Waals surface area contributed by atoms with Gasteiger partial charge in [-0.05, 0) is 25.1 Å². The summed E-state index contributed by atoms with van der Waals surface area (Å²) < 4.78 is 13.0. The van der Waals surface area contributed by atoms with E-state index in [4.69, 9.17) is 11.6 Å². The molecule has 0 unspecified atom stereocenters. The lowest BCUT2D eigenvalue weighted by Crippen LogP contribution is -1.98. The highest BCUT2D eigenvalue weighted by atomic mass is 35.5. The molecule has 0 aliphatic carbocycles. The van der Waals surface area contributed by atoms with Crippen molar-refractivity contribution in [3.63, 3.8) is 0 Å². The van der Waals surface area contributed by atoms with Crippen molar-refractivity contribution in [3.05, 3.63) is 34.9 Å². The fourth-order valence-electron chi connectivity index (χ4n) is 1.08. The lowest BCUT2D eigenvalue weighted by Gasteiger charge is -1.99. The molecule has 4 nitrogen and oxygen atoms in total. The molecule has 1 heterocycles. The second kappa shape index (κ2) is 3.86. The van der Waals surface area contributed by atoms with Gasteiger partial charge in [0.15, 0.2) is 5.82 Å². The van der Waals surface area contributed by atoms with Crippen LogP contribution in [0.25, 0.3) is 11.4 Å². The van der Waals surface area contributed by atoms with E-state index in [9.17, 15) is 4.39 Å². The Hall–Kier alpha value is -1.62. The second-order valence-electron chi connectivity index (χ2n) is 2.93. The highest BCUT2D eigenvalue weighted by Crippen LogP contribution is 2.20. The van der Waals surface area contributed by atoms with Crippen molar-refractivity contribution >= 4 is 11.6 Å². The molecule has 0 radical (unpaired) electrons. The Kier molecular flexibility index (Phi) is 2.55. The van der Waals surface area contributed by atoms with Gasteiger partial charge in [-0.1, -0.05) is 11.6 Å². The normalized spacial score (nSPS) is 10.3. The molecule has 0 saturated heterocycles. The van der Waals surface area contributed by atoms with Crippen LogP contribution in [0, 0.1) is 12.7 Å². The molecule has 0 fully saturated rings. The van der Waals surface area contributed by atoms with E-state index < -0.39 is 5.82 Å². The summed E-state index contributed by atoms with van der Waals surface area (Å²) in [5.74, 6) is 0.268. The predicted molar refractivity (Wildman–Crippen MR) is 52.8 cm³/mol. The van der Waals surface area contributed by atoms with Crippen LogP contribution in [0.4, 0.5) is 4.39 Å². The third-order valence-electron chi connectivity index (χ3n) is 1.70. The topological polar surface area (TPSA) is 51.6 Å². The van der Waals surface area contributed by atoms with Gasteiger partial charge in [-0.2, -0.15) is 0 Å². The molecule has 0 saturated carbocycles. The van der Waals surface area contributed by atoms with E-state index in [-0.39, 0.29) is 10.8 Å². The highest BCUT2D eigenvalue weighted by molar-refractivity contribution is 6.30. The van der Waals surface area contributed by atoms with Crippen LogP contribution >= 0.6 is 11.6 Å². The van der Waals surface area contributed by atoms with Gasteiger partial charge in [-0.25, -0.2) is 4.39 Å². The second-order valence-corrected chi connectivity index (χ2v) is 3.37. The van der Waals surface area contributed by atoms with Gasteiger partial charge < -0.3 is 0 Å². The lowest BCUT2D eigenvalue weighted by atomic mass is 10.2. The summed E-state index contributed by atoms with van der Waals surface area (Å²) in [6.45, 7) is 1.67. The number of aromatic nitrogens is 4. The van der Waals surface area contributed by atoms with Crippen LogP contribution in [-0.4, -0.2) is 20.4 Å². The first kappa shape index (κ1) is 9.92. The Morgan fingerprint density at radius 1 is 1.07 bits per heavy atom. The minimum atomic E-state index is -0.443. The van der Waals surface area contributed by atoms with E-state index in [1.54, 1.807) is 13.0 Å². The van der Waals surface area contributed by atoms with Crippen molar-refractivity contribution in [2.24, 2.45) is 0 Å². The molecule has 2 rings (SSSR count). The summed E-state index contributed by atoms with van der Waals surface area (Å²) in [7, 11) is 0. The minimum Gasteiger partial charge on any atom is -0.207 e. The van der Waals surface area contributed by atoms with Crippen molar-refractivity contribution in [3.8, 4) is 11.4 Å². The van der Waals surface area contributed by atoms with Gasteiger partial charge in [0.25, 0.3) is 0 Å². The fourth-order valence-corrected chi connectivity index (χ4v) is 1.30. The molecule has 6 heteroatoms. The van der Waals surface area contributed by atoms with Crippen LogP contribution in [0.5, 0.6) is 0 Å². The Balaban J connectivity index is 2.49. The van der Waals surface area contributed by atoms with Gasteiger partial charge in [-0.3, -0.25) is 0 Å². The standard InChI is InChI=1S/C9H6ClFN4/c1-5-12-14-9(15-13-5)6-2-7(10)4-8(11)3-6/h2-4H,1H3. The van der Waals surface area contributed by atoms with Crippen molar-refractivity contribution in [1.29, 1.82) is 0 Å². The van der Waals surface area contributed by atoms with Gasteiger partial charge in [0.2, 0.25) is 5.82 Å². The Morgan fingerprint density at radius 2 is 1.73 bits per heavy atom. The van der Waals surface area contributed by atoms with Crippen molar-refractivity contribution in [2.45, 2.75) is 6.92 Å². The summed E-state index contributed by atoms with van der Waals surface area (Å²) in [5, 5.41) is 15.3. The molecule has 0 bridgehead atoms. The average molecular weight is 225 g/mol. The Morgan fingerprint density at radius 3 is 2.33 bits per heavy atom. The van der Waals surface area contributed by atoms with Gasteiger partial charge in [0.1, 0.15) is 5.82 Å². The Bertz CT molecular complexity index is 466. The summed E-state index contributed by atoms with van der Waals surface area (Å²) in [6.07, 6.45) is 0. The number of benzene rings is 1. The zero-order chi connectivity index (χ0) is 10.8. The molecule has 0 aliphatic rings. The third-order valence-corrected chi connectivity index (χ3v) is 1.92. The van der Waals surface area contributed by atoms with Crippen LogP contribution in [0.2, 0.25) is 5.02 Å². The lowest BCUT2D eigenvalue weighted by molar-refractivity contribution is 0.628. The fraction of sp³-hybridized carbons (Fsp3) is 0.111. The van der Waals surface area contributed by atoms with Crippen LogP contribution < -0.4 is 0 Å². The van der Waals surface area contributed by atoms with E-state index in [2.05, 4.69) is 20.4 Å². The average Bonchev–Trinajstić information content (AvgIpc) is 2.17. The molecule has 1 aromatic heterocycles. The Labute approximate surface area is 90.1 Å². The van der Waals surface area contributed by atoms with Crippen LogP contribution in [0.15, 0.2) is 18.2 Å². The number of rotatable bonds is 1. The molecule has 0 aliphatic heterocycles. The smallest absolute Gasteiger partial charge is 0.203 e. The first-order valence-corrected chi connectivity index (χ1v) is 4.53. The molecule has 15 heavy (non-hydrogen) atoms. The molecular formula is C9H6ClFN4. The maximum Gasteiger partial charge on any atom is 0.203 e. The van der Waals surface area contributed by atoms with Crippen molar-refractivity contribution in [2.75, 3.05) is 0 Å². The van der Waals surface area contributed by atoms with Gasteiger partial charge >= 0.3 is 0 Å². The van der Waals surface area contributed by atoms with Crippen LogP contribution in [0.1, 0.15) is 5.82 Å². The molecule has 1 aromatic carbocycles. The van der Waals surface area contributed by atoms with Crippen LogP contribution in [-0.2, 0) is 0 Å². The molecular weight excluding hydrogens is 219 g/mol. The van der Waals surface area contributed by atoms with Crippen LogP contribution in [0.3, 0.4) is 0 Å². The number of halogens is 2. The molecule has 0 atom stereocenters. The monoisotopic (exact) mass is 224 g/mol. The summed E-state index contributed by atoms with van der Waals surface area (Å²) in [4.78, 5) is 0. The minimum absolute atomic E-state index is 0.252. The summed E-state index contributed by atoms with van der Waals surface area (Å²) in [6, 6.07) is 4.04.